The number of hydrogen-bond donors (Lipinski definition) is 2. The maximum atomic E-state index is 11.8. The molecule has 150 valence electrons. The van der Waals surface area contributed by atoms with Gasteiger partial charge in [-0.3, -0.25) is 9.69 Å². The van der Waals surface area contributed by atoms with Crippen LogP contribution in [0.25, 0.3) is 0 Å². The Balaban J connectivity index is 1.50. The monoisotopic (exact) mass is 376 g/mol. The van der Waals surface area contributed by atoms with Crippen LogP contribution in [0.15, 0.2) is 24.3 Å². The van der Waals surface area contributed by atoms with Crippen molar-refractivity contribution in [1.29, 1.82) is 0 Å². The van der Waals surface area contributed by atoms with Crippen LogP contribution in [0.1, 0.15) is 32.8 Å². The van der Waals surface area contributed by atoms with E-state index < -0.39 is 0 Å². The van der Waals surface area contributed by atoms with Crippen LogP contribution >= 0.6 is 0 Å². The summed E-state index contributed by atoms with van der Waals surface area (Å²) in [6.07, 6.45) is 1.03. The van der Waals surface area contributed by atoms with Gasteiger partial charge in [-0.1, -0.05) is 12.1 Å². The standard InChI is InChI=1S/C21H32N2O4/c1-20(2,3)22-19(25)12-27-18-6-4-16(5-7-18)10-23-11-17-8-9-26-15-21(17,13-23)14-24/h4-7,17,24H,8-15H2,1-3H3,(H,22,25)/t17-,21+/m0/s1. The van der Waals surface area contributed by atoms with Crippen molar-refractivity contribution in [3.63, 3.8) is 0 Å². The largest absolute Gasteiger partial charge is 0.484 e. The molecule has 2 heterocycles. The number of amides is 1. The van der Waals surface area contributed by atoms with Gasteiger partial charge in [-0.2, -0.15) is 0 Å². The van der Waals surface area contributed by atoms with Gasteiger partial charge in [0.2, 0.25) is 0 Å². The number of hydrogen-bond acceptors (Lipinski definition) is 5. The second-order valence-electron chi connectivity index (χ2n) is 8.96. The molecule has 2 fully saturated rings. The topological polar surface area (TPSA) is 71.0 Å². The predicted octanol–water partition coefficient (Wildman–Crippen LogP) is 1.81. The molecule has 6 heteroatoms. The van der Waals surface area contributed by atoms with E-state index in [1.165, 1.54) is 5.56 Å². The number of likely N-dealkylation sites (tertiary alicyclic amines) is 1. The fourth-order valence-electron chi connectivity index (χ4n) is 4.10. The average Bonchev–Trinajstić information content (AvgIpc) is 2.98. The van der Waals surface area contributed by atoms with Crippen molar-refractivity contribution in [3.05, 3.63) is 29.8 Å². The maximum absolute atomic E-state index is 11.8. The summed E-state index contributed by atoms with van der Waals surface area (Å²) in [6, 6.07) is 7.91. The van der Waals surface area contributed by atoms with E-state index in [-0.39, 0.29) is 30.1 Å². The zero-order valence-electron chi connectivity index (χ0n) is 16.7. The van der Waals surface area contributed by atoms with Crippen LogP contribution < -0.4 is 10.1 Å². The van der Waals surface area contributed by atoms with Gasteiger partial charge in [0, 0.05) is 37.2 Å². The number of carbonyl (C=O) groups excluding carboxylic acids is 1. The molecule has 6 nitrogen and oxygen atoms in total. The fourth-order valence-corrected chi connectivity index (χ4v) is 4.10. The van der Waals surface area contributed by atoms with Crippen molar-refractivity contribution >= 4 is 5.91 Å². The minimum Gasteiger partial charge on any atom is -0.484 e. The van der Waals surface area contributed by atoms with Gasteiger partial charge >= 0.3 is 0 Å². The second-order valence-corrected chi connectivity index (χ2v) is 8.96. The van der Waals surface area contributed by atoms with E-state index in [9.17, 15) is 9.90 Å². The van der Waals surface area contributed by atoms with Gasteiger partial charge in [0.05, 0.1) is 13.2 Å². The van der Waals surface area contributed by atoms with Crippen LogP contribution in [-0.4, -0.2) is 61.0 Å². The molecule has 0 spiro atoms. The number of benzene rings is 1. The fraction of sp³-hybridized carbons (Fsp3) is 0.667. The molecule has 1 amide bonds. The second kappa shape index (κ2) is 8.17. The maximum Gasteiger partial charge on any atom is 0.258 e. The van der Waals surface area contributed by atoms with E-state index >= 15 is 0 Å². The molecule has 3 rings (SSSR count). The number of ether oxygens (including phenoxy) is 2. The molecule has 0 aromatic heterocycles. The minimum absolute atomic E-state index is 0.0173. The zero-order chi connectivity index (χ0) is 19.5. The SMILES string of the molecule is CC(C)(C)NC(=O)COc1ccc(CN2C[C@@H]3CCOC[C@]3(CO)C2)cc1. The number of nitrogens with one attached hydrogen (secondary N) is 1. The number of fused-ring (bicyclic) bond motifs is 1. The summed E-state index contributed by atoms with van der Waals surface area (Å²) in [4.78, 5) is 14.2. The Bertz CT molecular complexity index is 641. The van der Waals surface area contributed by atoms with Crippen LogP contribution in [0.4, 0.5) is 0 Å². The van der Waals surface area contributed by atoms with Gasteiger partial charge in [0.25, 0.3) is 5.91 Å². The molecule has 0 bridgehead atoms. The highest BCUT2D eigenvalue weighted by Gasteiger charge is 2.47. The van der Waals surface area contributed by atoms with E-state index in [1.807, 2.05) is 45.0 Å². The summed E-state index contributed by atoms with van der Waals surface area (Å²) in [5.41, 5.74) is 0.852. The number of aliphatic hydroxyl groups is 1. The summed E-state index contributed by atoms with van der Waals surface area (Å²) in [6.45, 7) is 10.2. The van der Waals surface area contributed by atoms with Gasteiger partial charge in [-0.05, 0) is 50.8 Å². The molecule has 2 N–H and O–H groups in total. The molecule has 0 radical (unpaired) electrons. The Kier molecular flexibility index (Phi) is 6.08. The molecule has 0 unspecified atom stereocenters. The average molecular weight is 376 g/mol. The molecule has 2 aliphatic rings. The molecule has 1 aromatic carbocycles. The molecule has 27 heavy (non-hydrogen) atoms. The van der Waals surface area contributed by atoms with E-state index in [0.29, 0.717) is 18.3 Å². The molecular weight excluding hydrogens is 344 g/mol. The van der Waals surface area contributed by atoms with E-state index in [4.69, 9.17) is 9.47 Å². The van der Waals surface area contributed by atoms with Gasteiger partial charge < -0.3 is 19.9 Å². The van der Waals surface area contributed by atoms with Crippen molar-refractivity contribution in [2.75, 3.05) is 39.5 Å². The van der Waals surface area contributed by atoms with Gasteiger partial charge in [-0.25, -0.2) is 0 Å². The highest BCUT2D eigenvalue weighted by molar-refractivity contribution is 5.78. The molecular formula is C21H32N2O4. The van der Waals surface area contributed by atoms with Crippen LogP contribution in [0.5, 0.6) is 5.75 Å². The highest BCUT2D eigenvalue weighted by Crippen LogP contribution is 2.41. The Morgan fingerprint density at radius 1 is 1.37 bits per heavy atom. The lowest BCUT2D eigenvalue weighted by atomic mass is 9.76. The number of carbonyl (C=O) groups is 1. The van der Waals surface area contributed by atoms with Crippen molar-refractivity contribution in [1.82, 2.24) is 10.2 Å². The van der Waals surface area contributed by atoms with E-state index in [0.717, 1.165) is 32.7 Å². The number of rotatable bonds is 6. The third-order valence-corrected chi connectivity index (χ3v) is 5.41. The summed E-state index contributed by atoms with van der Waals surface area (Å²) < 4.78 is 11.2. The quantitative estimate of drug-likeness (QED) is 0.792. The number of aliphatic hydroxyl groups excluding tert-OH is 1. The lowest BCUT2D eigenvalue weighted by Crippen LogP contribution is -2.43. The number of nitrogens with zero attached hydrogens (tertiary/aromatic N) is 1. The first-order valence-corrected chi connectivity index (χ1v) is 9.73. The molecule has 2 saturated heterocycles. The van der Waals surface area contributed by atoms with Gasteiger partial charge in [-0.15, -0.1) is 0 Å². The van der Waals surface area contributed by atoms with Crippen LogP contribution in [0.2, 0.25) is 0 Å². The molecule has 0 saturated carbocycles. The van der Waals surface area contributed by atoms with Crippen LogP contribution in [0, 0.1) is 11.3 Å². The summed E-state index contributed by atoms with van der Waals surface area (Å²) in [5.74, 6) is 1.08. The lowest BCUT2D eigenvalue weighted by molar-refractivity contribution is -0.124. The third kappa shape index (κ3) is 5.21. The van der Waals surface area contributed by atoms with Crippen molar-refractivity contribution in [2.45, 2.75) is 39.3 Å². The molecule has 2 atom stereocenters. The first kappa shape index (κ1) is 20.1. The first-order valence-electron chi connectivity index (χ1n) is 9.73. The van der Waals surface area contributed by atoms with Gasteiger partial charge in [0.15, 0.2) is 6.61 Å². The smallest absolute Gasteiger partial charge is 0.258 e. The minimum atomic E-state index is -0.256. The van der Waals surface area contributed by atoms with Crippen molar-refractivity contribution in [2.24, 2.45) is 11.3 Å². The summed E-state index contributed by atoms with van der Waals surface area (Å²) in [5, 5.41) is 12.8. The Morgan fingerprint density at radius 3 is 2.74 bits per heavy atom. The van der Waals surface area contributed by atoms with Crippen molar-refractivity contribution < 1.29 is 19.4 Å². The van der Waals surface area contributed by atoms with Gasteiger partial charge in [0.1, 0.15) is 5.75 Å². The normalized spacial score (nSPS) is 25.9. The molecule has 2 aliphatic heterocycles. The highest BCUT2D eigenvalue weighted by atomic mass is 16.5. The molecule has 1 aromatic rings. The summed E-state index contributed by atoms with van der Waals surface area (Å²) >= 11 is 0. The van der Waals surface area contributed by atoms with Crippen molar-refractivity contribution in [3.8, 4) is 5.75 Å². The zero-order valence-corrected chi connectivity index (χ0v) is 16.7. The first-order chi connectivity index (χ1) is 12.8. The predicted molar refractivity (Wildman–Crippen MR) is 104 cm³/mol. The van der Waals surface area contributed by atoms with E-state index in [2.05, 4.69) is 10.2 Å². The lowest BCUT2D eigenvalue weighted by Gasteiger charge is -2.36. The Morgan fingerprint density at radius 2 is 2.11 bits per heavy atom. The Hall–Kier alpha value is -1.63. The van der Waals surface area contributed by atoms with E-state index in [1.54, 1.807) is 0 Å². The third-order valence-electron chi connectivity index (χ3n) is 5.41. The molecule has 0 aliphatic carbocycles. The van der Waals surface area contributed by atoms with Crippen LogP contribution in [0.3, 0.4) is 0 Å². The summed E-state index contributed by atoms with van der Waals surface area (Å²) in [7, 11) is 0. The Labute approximate surface area is 161 Å². The van der Waals surface area contributed by atoms with Crippen LogP contribution in [-0.2, 0) is 16.1 Å².